The van der Waals surface area contributed by atoms with Gasteiger partial charge in [0.2, 0.25) is 5.91 Å². The van der Waals surface area contributed by atoms with E-state index in [1.165, 1.54) is 12.8 Å². The average molecular weight is 334 g/mol. The molecule has 0 radical (unpaired) electrons. The lowest BCUT2D eigenvalue weighted by Gasteiger charge is -2.45. The molecule has 124 valence electrons. The van der Waals surface area contributed by atoms with Gasteiger partial charge >= 0.3 is 0 Å². The van der Waals surface area contributed by atoms with Gasteiger partial charge in [0, 0.05) is 17.8 Å². The molecule has 0 spiro atoms. The van der Waals surface area contributed by atoms with Gasteiger partial charge in [0.25, 0.3) is 0 Å². The highest BCUT2D eigenvalue weighted by Gasteiger charge is 2.51. The Morgan fingerprint density at radius 3 is 2.30 bits per heavy atom. The number of amides is 1. The number of carbonyl (C=O) groups excluding carboxylic acids is 1. The second kappa shape index (κ2) is 5.60. The lowest BCUT2D eigenvalue weighted by Crippen LogP contribution is -2.64. The fraction of sp³-hybridized carbons (Fsp3) is 0.588. The normalized spacial score (nSPS) is 31.5. The molecule has 0 unspecified atom stereocenters. The zero-order valence-corrected chi connectivity index (χ0v) is 13.9. The van der Waals surface area contributed by atoms with E-state index in [0.29, 0.717) is 12.6 Å². The molecule has 0 bridgehead atoms. The minimum Gasteiger partial charge on any atom is -0.306 e. The molecule has 2 saturated heterocycles. The Bertz CT molecular complexity index is 698. The minimum absolute atomic E-state index is 0.0291. The van der Waals surface area contributed by atoms with E-state index in [1.807, 2.05) is 30.3 Å². The third-order valence-electron chi connectivity index (χ3n) is 5.47. The summed E-state index contributed by atoms with van der Waals surface area (Å²) in [5, 5.41) is 0. The molecular formula is C17H22N2O3S. The van der Waals surface area contributed by atoms with Crippen molar-refractivity contribution >= 4 is 21.4 Å². The second-order valence-electron chi connectivity index (χ2n) is 6.92. The van der Waals surface area contributed by atoms with E-state index in [2.05, 4.69) is 4.90 Å². The van der Waals surface area contributed by atoms with Crippen LogP contribution in [0.2, 0.25) is 0 Å². The number of rotatable bonds is 2. The largest absolute Gasteiger partial charge is 0.306 e. The van der Waals surface area contributed by atoms with Crippen LogP contribution in [0.3, 0.4) is 0 Å². The summed E-state index contributed by atoms with van der Waals surface area (Å²) in [6.45, 7) is 0.343. The molecule has 1 aromatic rings. The van der Waals surface area contributed by atoms with Crippen molar-refractivity contribution in [2.45, 2.75) is 43.8 Å². The first-order valence-corrected chi connectivity index (χ1v) is 10.2. The van der Waals surface area contributed by atoms with Crippen molar-refractivity contribution in [2.75, 3.05) is 23.0 Å². The number of sulfone groups is 1. The molecule has 2 aliphatic heterocycles. The van der Waals surface area contributed by atoms with Crippen LogP contribution in [0.25, 0.3) is 0 Å². The van der Waals surface area contributed by atoms with Crippen LogP contribution in [0, 0.1) is 0 Å². The summed E-state index contributed by atoms with van der Waals surface area (Å²) in [7, 11) is -3.09. The van der Waals surface area contributed by atoms with Crippen LogP contribution in [0.5, 0.6) is 0 Å². The molecule has 0 aromatic heterocycles. The average Bonchev–Trinajstić information content (AvgIpc) is 3.14. The monoisotopic (exact) mass is 334 g/mol. The van der Waals surface area contributed by atoms with E-state index in [-0.39, 0.29) is 29.5 Å². The van der Waals surface area contributed by atoms with Crippen LogP contribution in [-0.2, 0) is 14.6 Å². The Morgan fingerprint density at radius 1 is 0.957 bits per heavy atom. The van der Waals surface area contributed by atoms with Gasteiger partial charge in [0.15, 0.2) is 9.84 Å². The Hall–Kier alpha value is -1.40. The van der Waals surface area contributed by atoms with Crippen LogP contribution in [-0.4, -0.2) is 55.4 Å². The summed E-state index contributed by atoms with van der Waals surface area (Å²) in [6, 6.07) is 9.56. The van der Waals surface area contributed by atoms with Gasteiger partial charge < -0.3 is 4.90 Å². The molecular weight excluding hydrogens is 312 g/mol. The predicted molar refractivity (Wildman–Crippen MR) is 89.1 cm³/mol. The number of fused-ring (bicyclic) bond motifs is 1. The fourth-order valence-corrected chi connectivity index (χ4v) is 6.43. The maximum atomic E-state index is 12.8. The van der Waals surface area contributed by atoms with Crippen LogP contribution in [0.1, 0.15) is 25.7 Å². The van der Waals surface area contributed by atoms with Gasteiger partial charge in [0.1, 0.15) is 0 Å². The molecule has 2 atom stereocenters. The van der Waals surface area contributed by atoms with Gasteiger partial charge in [-0.15, -0.1) is 0 Å². The first-order valence-electron chi connectivity index (χ1n) is 8.38. The zero-order valence-electron chi connectivity index (χ0n) is 13.1. The Labute approximate surface area is 137 Å². The van der Waals surface area contributed by atoms with Gasteiger partial charge in [-0.2, -0.15) is 0 Å². The molecule has 1 aliphatic carbocycles. The Kier molecular flexibility index (Phi) is 3.69. The van der Waals surface area contributed by atoms with Crippen molar-refractivity contribution in [2.24, 2.45) is 0 Å². The predicted octanol–water partition coefficient (Wildman–Crippen LogP) is 1.44. The third-order valence-corrected chi connectivity index (χ3v) is 7.16. The number of para-hydroxylation sites is 1. The van der Waals surface area contributed by atoms with Gasteiger partial charge in [-0.3, -0.25) is 9.69 Å². The summed E-state index contributed by atoms with van der Waals surface area (Å²) in [5.74, 6) is 0.299. The number of benzene rings is 1. The second-order valence-corrected chi connectivity index (χ2v) is 9.08. The number of carbonyl (C=O) groups is 1. The molecule has 23 heavy (non-hydrogen) atoms. The number of hydrogen-bond acceptors (Lipinski definition) is 4. The fourth-order valence-electron chi connectivity index (χ4n) is 4.47. The standard InChI is InChI=1S/C17H22N2O3S/c20-17-10-18(13-6-4-5-7-13)15-11-23(21,22)12-16(15)19(17)14-8-2-1-3-9-14/h1-3,8-9,13,15-16H,4-7,10-12H2/t15-,16+/m1/s1. The van der Waals surface area contributed by atoms with Gasteiger partial charge in [0.05, 0.1) is 24.1 Å². The number of piperazine rings is 1. The van der Waals surface area contributed by atoms with Crippen LogP contribution in [0.4, 0.5) is 5.69 Å². The summed E-state index contributed by atoms with van der Waals surface area (Å²) < 4.78 is 24.6. The topological polar surface area (TPSA) is 57.7 Å². The van der Waals surface area contributed by atoms with Crippen LogP contribution in [0.15, 0.2) is 30.3 Å². The SMILES string of the molecule is O=C1CN(C2CCCC2)[C@@H]2CS(=O)(=O)C[C@@H]2N1c1ccccc1. The molecule has 4 rings (SSSR count). The van der Waals surface area contributed by atoms with E-state index in [1.54, 1.807) is 4.90 Å². The number of hydrogen-bond donors (Lipinski definition) is 0. The molecule has 6 heteroatoms. The summed E-state index contributed by atoms with van der Waals surface area (Å²) in [6.07, 6.45) is 4.54. The highest BCUT2D eigenvalue weighted by Crippen LogP contribution is 2.35. The summed E-state index contributed by atoms with van der Waals surface area (Å²) in [4.78, 5) is 16.7. The van der Waals surface area contributed by atoms with Crippen LogP contribution >= 0.6 is 0 Å². The first-order chi connectivity index (χ1) is 11.1. The zero-order chi connectivity index (χ0) is 16.0. The molecule has 1 aromatic carbocycles. The number of anilines is 1. The Balaban J connectivity index is 1.70. The minimum atomic E-state index is -3.09. The molecule has 3 fully saturated rings. The maximum Gasteiger partial charge on any atom is 0.241 e. The molecule has 5 nitrogen and oxygen atoms in total. The molecule has 1 saturated carbocycles. The highest BCUT2D eigenvalue weighted by atomic mass is 32.2. The molecule has 2 heterocycles. The summed E-state index contributed by atoms with van der Waals surface area (Å²) in [5.41, 5.74) is 0.815. The van der Waals surface area contributed by atoms with Crippen molar-refractivity contribution in [1.82, 2.24) is 4.90 Å². The number of nitrogens with zero attached hydrogens (tertiary/aromatic N) is 2. The van der Waals surface area contributed by atoms with Gasteiger partial charge in [-0.1, -0.05) is 31.0 Å². The molecule has 1 amide bonds. The van der Waals surface area contributed by atoms with E-state index >= 15 is 0 Å². The van der Waals surface area contributed by atoms with Crippen molar-refractivity contribution in [3.8, 4) is 0 Å². The van der Waals surface area contributed by atoms with E-state index in [4.69, 9.17) is 0 Å². The van der Waals surface area contributed by atoms with Crippen molar-refractivity contribution in [3.05, 3.63) is 30.3 Å². The third kappa shape index (κ3) is 2.68. The molecule has 0 N–H and O–H groups in total. The lowest BCUT2D eigenvalue weighted by molar-refractivity contribution is -0.124. The quantitative estimate of drug-likeness (QED) is 0.821. The highest BCUT2D eigenvalue weighted by molar-refractivity contribution is 7.91. The smallest absolute Gasteiger partial charge is 0.241 e. The van der Waals surface area contributed by atoms with Crippen LogP contribution < -0.4 is 4.90 Å². The Morgan fingerprint density at radius 2 is 1.61 bits per heavy atom. The van der Waals surface area contributed by atoms with E-state index in [0.717, 1.165) is 18.5 Å². The van der Waals surface area contributed by atoms with Gasteiger partial charge in [-0.25, -0.2) is 8.42 Å². The van der Waals surface area contributed by atoms with Crippen molar-refractivity contribution in [1.29, 1.82) is 0 Å². The van der Waals surface area contributed by atoms with E-state index in [9.17, 15) is 13.2 Å². The van der Waals surface area contributed by atoms with Crippen molar-refractivity contribution < 1.29 is 13.2 Å². The molecule has 3 aliphatic rings. The van der Waals surface area contributed by atoms with Crippen molar-refractivity contribution in [3.63, 3.8) is 0 Å². The van der Waals surface area contributed by atoms with Gasteiger partial charge in [-0.05, 0) is 25.0 Å². The lowest BCUT2D eigenvalue weighted by atomic mass is 10.00. The maximum absolute atomic E-state index is 12.8. The summed E-state index contributed by atoms with van der Waals surface area (Å²) >= 11 is 0. The first kappa shape index (κ1) is 15.1. The van der Waals surface area contributed by atoms with E-state index < -0.39 is 9.84 Å².